The number of methoxy groups -OCH3 is 1. The van der Waals surface area contributed by atoms with Crippen LogP contribution >= 0.6 is 7.60 Å². The second-order valence-corrected chi connectivity index (χ2v) is 5.98. The smallest absolute Gasteiger partial charge is 0.365 e. The van der Waals surface area contributed by atoms with Crippen LogP contribution in [-0.2, 0) is 13.6 Å². The van der Waals surface area contributed by atoms with E-state index in [4.69, 9.17) is 13.8 Å². The highest BCUT2D eigenvalue weighted by molar-refractivity contribution is 7.63. The second kappa shape index (κ2) is 6.35. The summed E-state index contributed by atoms with van der Waals surface area (Å²) in [6.07, 6.45) is 1.69. The molecular formula is C14H18NO4P. The first-order valence-corrected chi connectivity index (χ1v) is 8.02. The maximum absolute atomic E-state index is 13.1. The molecule has 20 heavy (non-hydrogen) atoms. The molecule has 0 unspecified atom stereocenters. The summed E-state index contributed by atoms with van der Waals surface area (Å²) >= 11 is 0. The summed E-state index contributed by atoms with van der Waals surface area (Å²) in [6.45, 7) is 4.14. The molecule has 0 saturated heterocycles. The summed E-state index contributed by atoms with van der Waals surface area (Å²) in [4.78, 5) is 4.26. The summed E-state index contributed by atoms with van der Waals surface area (Å²) in [5.41, 5.74) is 0.725. The summed E-state index contributed by atoms with van der Waals surface area (Å²) in [6, 6.07) is 7.17. The molecule has 5 nitrogen and oxygen atoms in total. The van der Waals surface area contributed by atoms with Gasteiger partial charge in [0.1, 0.15) is 11.1 Å². The highest BCUT2D eigenvalue weighted by Crippen LogP contribution is 2.50. The van der Waals surface area contributed by atoms with E-state index in [1.807, 2.05) is 12.1 Å². The van der Waals surface area contributed by atoms with Crippen molar-refractivity contribution in [2.75, 3.05) is 20.3 Å². The third-order valence-corrected chi connectivity index (χ3v) is 5.02. The second-order valence-electron chi connectivity index (χ2n) is 4.02. The van der Waals surface area contributed by atoms with Crippen molar-refractivity contribution >= 4 is 23.8 Å². The SMILES string of the molecule is CCOP(=O)(OCC)c1c(OC)ccc2ncccc12. The Kier molecular flexibility index (Phi) is 4.76. The van der Waals surface area contributed by atoms with E-state index in [2.05, 4.69) is 4.98 Å². The number of ether oxygens (including phenoxy) is 1. The lowest BCUT2D eigenvalue weighted by Gasteiger charge is -2.20. The van der Waals surface area contributed by atoms with Crippen LogP contribution in [0.1, 0.15) is 13.8 Å². The summed E-state index contributed by atoms with van der Waals surface area (Å²) in [5, 5.41) is 1.16. The molecule has 0 radical (unpaired) electrons. The first kappa shape index (κ1) is 15.0. The first-order valence-electron chi connectivity index (χ1n) is 6.47. The zero-order chi connectivity index (χ0) is 14.6. The van der Waals surface area contributed by atoms with E-state index in [0.717, 1.165) is 10.9 Å². The monoisotopic (exact) mass is 295 g/mol. The van der Waals surface area contributed by atoms with Crippen LogP contribution in [0.3, 0.4) is 0 Å². The van der Waals surface area contributed by atoms with Crippen molar-refractivity contribution in [3.05, 3.63) is 30.5 Å². The quantitative estimate of drug-likeness (QED) is 0.766. The van der Waals surface area contributed by atoms with Crippen LogP contribution in [0.25, 0.3) is 10.9 Å². The molecule has 108 valence electrons. The van der Waals surface area contributed by atoms with E-state index in [1.54, 1.807) is 32.2 Å². The van der Waals surface area contributed by atoms with Gasteiger partial charge >= 0.3 is 7.60 Å². The van der Waals surface area contributed by atoms with Gasteiger partial charge in [0.25, 0.3) is 0 Å². The molecule has 0 fully saturated rings. The van der Waals surface area contributed by atoms with Gasteiger partial charge in [-0.2, -0.15) is 0 Å². The van der Waals surface area contributed by atoms with Gasteiger partial charge in [0.2, 0.25) is 0 Å². The topological polar surface area (TPSA) is 57.7 Å². The lowest BCUT2D eigenvalue weighted by molar-refractivity contribution is 0.229. The Labute approximate surface area is 118 Å². The van der Waals surface area contributed by atoms with Crippen molar-refractivity contribution in [3.63, 3.8) is 0 Å². The van der Waals surface area contributed by atoms with Crippen LogP contribution in [0.4, 0.5) is 0 Å². The molecule has 6 heteroatoms. The zero-order valence-electron chi connectivity index (χ0n) is 11.8. The number of pyridine rings is 1. The average Bonchev–Trinajstić information content (AvgIpc) is 2.46. The third-order valence-electron chi connectivity index (χ3n) is 2.81. The lowest BCUT2D eigenvalue weighted by Crippen LogP contribution is -2.15. The Morgan fingerprint density at radius 3 is 2.45 bits per heavy atom. The number of aromatic nitrogens is 1. The maximum Gasteiger partial charge on any atom is 0.365 e. The van der Waals surface area contributed by atoms with Crippen LogP contribution in [0.2, 0.25) is 0 Å². The van der Waals surface area contributed by atoms with Gasteiger partial charge in [0.15, 0.2) is 0 Å². The van der Waals surface area contributed by atoms with E-state index in [0.29, 0.717) is 11.1 Å². The van der Waals surface area contributed by atoms with E-state index in [9.17, 15) is 4.57 Å². The van der Waals surface area contributed by atoms with Crippen molar-refractivity contribution in [1.82, 2.24) is 4.98 Å². The Bertz CT molecular complexity index is 634. The minimum absolute atomic E-state index is 0.289. The minimum Gasteiger partial charge on any atom is -0.496 e. The van der Waals surface area contributed by atoms with Crippen molar-refractivity contribution in [3.8, 4) is 5.75 Å². The van der Waals surface area contributed by atoms with Crippen LogP contribution in [0.5, 0.6) is 5.75 Å². The Balaban J connectivity index is 2.74. The maximum atomic E-state index is 13.1. The van der Waals surface area contributed by atoms with E-state index in [1.165, 1.54) is 7.11 Å². The molecule has 0 aliphatic rings. The molecule has 0 spiro atoms. The van der Waals surface area contributed by atoms with Gasteiger partial charge in [0.05, 0.1) is 25.8 Å². The number of fused-ring (bicyclic) bond motifs is 1. The van der Waals surface area contributed by atoms with Crippen LogP contribution in [-0.4, -0.2) is 25.3 Å². The summed E-state index contributed by atoms with van der Waals surface area (Å²) in [5.74, 6) is 0.482. The predicted molar refractivity (Wildman–Crippen MR) is 78.8 cm³/mol. The molecule has 0 saturated carbocycles. The van der Waals surface area contributed by atoms with Crippen molar-refractivity contribution in [2.45, 2.75) is 13.8 Å². The van der Waals surface area contributed by atoms with Gasteiger partial charge in [0, 0.05) is 11.6 Å². The molecule has 2 aromatic rings. The largest absolute Gasteiger partial charge is 0.496 e. The van der Waals surface area contributed by atoms with E-state index >= 15 is 0 Å². The molecule has 2 rings (SSSR count). The number of rotatable bonds is 6. The van der Waals surface area contributed by atoms with E-state index in [-0.39, 0.29) is 13.2 Å². The molecule has 1 aromatic heterocycles. The molecule has 0 atom stereocenters. The van der Waals surface area contributed by atoms with Crippen molar-refractivity contribution in [2.24, 2.45) is 0 Å². The fourth-order valence-corrected chi connectivity index (χ4v) is 4.00. The number of nitrogens with zero attached hydrogens (tertiary/aromatic N) is 1. The lowest BCUT2D eigenvalue weighted by atomic mass is 10.2. The Morgan fingerprint density at radius 1 is 1.15 bits per heavy atom. The van der Waals surface area contributed by atoms with Crippen LogP contribution in [0, 0.1) is 0 Å². The molecule has 0 aliphatic heterocycles. The minimum atomic E-state index is -3.44. The zero-order valence-corrected chi connectivity index (χ0v) is 12.7. The van der Waals surface area contributed by atoms with Crippen molar-refractivity contribution < 1.29 is 18.3 Å². The van der Waals surface area contributed by atoms with Crippen LogP contribution in [0.15, 0.2) is 30.5 Å². The highest BCUT2D eigenvalue weighted by atomic mass is 31.2. The molecule has 1 aromatic carbocycles. The first-order chi connectivity index (χ1) is 9.66. The summed E-state index contributed by atoms with van der Waals surface area (Å²) in [7, 11) is -1.91. The van der Waals surface area contributed by atoms with Gasteiger partial charge in [-0.3, -0.25) is 9.55 Å². The van der Waals surface area contributed by atoms with Gasteiger partial charge in [-0.15, -0.1) is 0 Å². The fourth-order valence-electron chi connectivity index (χ4n) is 2.07. The molecule has 0 aliphatic carbocycles. The number of hydrogen-bond acceptors (Lipinski definition) is 5. The number of benzene rings is 1. The van der Waals surface area contributed by atoms with Gasteiger partial charge < -0.3 is 13.8 Å². The van der Waals surface area contributed by atoms with Crippen molar-refractivity contribution in [1.29, 1.82) is 0 Å². The molecule has 0 N–H and O–H groups in total. The standard InChI is InChI=1S/C14H18NO4P/c1-4-18-20(16,19-5-2)14-11-7-6-10-15-12(11)8-9-13(14)17-3/h6-10H,4-5H2,1-3H3. The van der Waals surface area contributed by atoms with Gasteiger partial charge in [-0.1, -0.05) is 6.07 Å². The van der Waals surface area contributed by atoms with Gasteiger partial charge in [-0.05, 0) is 32.0 Å². The predicted octanol–water partition coefficient (Wildman–Crippen LogP) is 3.13. The molecule has 0 amide bonds. The summed E-state index contributed by atoms with van der Waals surface area (Å²) < 4.78 is 29.3. The van der Waals surface area contributed by atoms with Gasteiger partial charge in [-0.25, -0.2) is 0 Å². The Morgan fingerprint density at radius 2 is 1.85 bits per heavy atom. The number of hydrogen-bond donors (Lipinski definition) is 0. The molecular weight excluding hydrogens is 277 g/mol. The normalized spacial score (nSPS) is 11.8. The average molecular weight is 295 g/mol. The third kappa shape index (κ3) is 2.70. The Hall–Kier alpha value is -1.42. The van der Waals surface area contributed by atoms with E-state index < -0.39 is 7.60 Å². The molecule has 0 bridgehead atoms. The highest BCUT2D eigenvalue weighted by Gasteiger charge is 2.32. The fraction of sp³-hybridized carbons (Fsp3) is 0.357. The molecule has 1 heterocycles. The van der Waals surface area contributed by atoms with Crippen LogP contribution < -0.4 is 10.0 Å².